The molecule has 0 bridgehead atoms. The van der Waals surface area contributed by atoms with Gasteiger partial charge in [-0.05, 0) is 73.2 Å². The summed E-state index contributed by atoms with van der Waals surface area (Å²) in [6.07, 6.45) is 1.78. The molecular weight excluding hydrogens is 526 g/mol. The fourth-order valence-corrected chi connectivity index (χ4v) is 5.39. The van der Waals surface area contributed by atoms with E-state index in [1.165, 1.54) is 5.56 Å². The highest BCUT2D eigenvalue weighted by molar-refractivity contribution is 9.10. The fourth-order valence-electron chi connectivity index (χ4n) is 4.36. The van der Waals surface area contributed by atoms with Gasteiger partial charge in [0.15, 0.2) is 5.11 Å². The van der Waals surface area contributed by atoms with Crippen molar-refractivity contribution in [2.24, 2.45) is 0 Å². The Bertz CT molecular complexity index is 1380. The van der Waals surface area contributed by atoms with Crippen molar-refractivity contribution >= 4 is 38.9 Å². The van der Waals surface area contributed by atoms with Crippen LogP contribution in [-0.2, 0) is 0 Å². The van der Waals surface area contributed by atoms with Crippen LogP contribution in [0, 0.1) is 6.92 Å². The molecule has 2 atom stereocenters. The molecule has 6 nitrogen and oxygen atoms in total. The van der Waals surface area contributed by atoms with Gasteiger partial charge in [-0.15, -0.1) is 0 Å². The summed E-state index contributed by atoms with van der Waals surface area (Å²) in [5.41, 5.74) is 3.79. The number of halogens is 1. The molecule has 1 N–H and O–H groups in total. The maximum atomic E-state index is 6.49. The van der Waals surface area contributed by atoms with E-state index in [9.17, 15) is 0 Å². The quantitative estimate of drug-likeness (QED) is 0.271. The first-order valence-electron chi connectivity index (χ1n) is 11.1. The average Bonchev–Trinajstić information content (AvgIpc) is 3.48. The maximum absolute atomic E-state index is 6.49. The van der Waals surface area contributed by atoms with Crippen LogP contribution in [0.15, 0.2) is 81.8 Å². The Morgan fingerprint density at radius 1 is 1.03 bits per heavy atom. The normalized spacial score (nSPS) is 17.4. The van der Waals surface area contributed by atoms with Gasteiger partial charge in [-0.3, -0.25) is 4.98 Å². The molecule has 3 heterocycles. The molecule has 1 saturated heterocycles. The van der Waals surface area contributed by atoms with Gasteiger partial charge in [0.25, 0.3) is 0 Å². The van der Waals surface area contributed by atoms with E-state index in [0.29, 0.717) is 16.6 Å². The molecule has 0 saturated carbocycles. The number of nitrogens with zero attached hydrogens (tertiary/aromatic N) is 2. The van der Waals surface area contributed by atoms with Crippen LogP contribution in [0.5, 0.6) is 11.5 Å². The number of ether oxygens (including phenoxy) is 2. The molecule has 0 spiro atoms. The van der Waals surface area contributed by atoms with Gasteiger partial charge >= 0.3 is 0 Å². The number of rotatable bonds is 6. The summed E-state index contributed by atoms with van der Waals surface area (Å²) < 4.78 is 18.7. The molecule has 8 heteroatoms. The van der Waals surface area contributed by atoms with Gasteiger partial charge in [-0.2, -0.15) is 0 Å². The third-order valence-corrected chi connectivity index (χ3v) is 7.02. The topological polar surface area (TPSA) is 59.8 Å². The minimum atomic E-state index is -0.309. The second-order valence-corrected chi connectivity index (χ2v) is 9.46. The van der Waals surface area contributed by atoms with Crippen LogP contribution in [0.25, 0.3) is 11.3 Å². The molecule has 2 unspecified atom stereocenters. The lowest BCUT2D eigenvalue weighted by Gasteiger charge is -2.27. The lowest BCUT2D eigenvalue weighted by Crippen LogP contribution is -2.29. The number of thiocarbonyl (C=S) groups is 1. The number of hydrogen-bond donors (Lipinski definition) is 1. The van der Waals surface area contributed by atoms with E-state index in [0.717, 1.165) is 32.9 Å². The van der Waals surface area contributed by atoms with E-state index >= 15 is 0 Å². The van der Waals surface area contributed by atoms with Crippen molar-refractivity contribution in [3.63, 3.8) is 0 Å². The standard InChI is InChI=1S/C27H24BrN3O3S/c1-16-7-9-18(19(28)14-16)22-11-12-24(34-22)26-25(20-6-4-5-13-29-20)30-27(35)31(26)21-15-17(32-2)8-10-23(21)33-3/h4-15,25-26H,1-3H3,(H,30,35). The van der Waals surface area contributed by atoms with Crippen molar-refractivity contribution < 1.29 is 13.9 Å². The molecule has 2 aromatic heterocycles. The molecule has 0 aliphatic carbocycles. The summed E-state index contributed by atoms with van der Waals surface area (Å²) in [5, 5.41) is 4.00. The number of aromatic nitrogens is 1. The van der Waals surface area contributed by atoms with Crippen LogP contribution in [0.4, 0.5) is 5.69 Å². The zero-order valence-corrected chi connectivity index (χ0v) is 21.9. The van der Waals surface area contributed by atoms with Crippen molar-refractivity contribution in [1.29, 1.82) is 0 Å². The summed E-state index contributed by atoms with van der Waals surface area (Å²) in [6.45, 7) is 2.06. The van der Waals surface area contributed by atoms with Crippen molar-refractivity contribution in [3.8, 4) is 22.8 Å². The fraction of sp³-hybridized carbons (Fsp3) is 0.185. The van der Waals surface area contributed by atoms with Crippen molar-refractivity contribution in [3.05, 3.63) is 94.4 Å². The van der Waals surface area contributed by atoms with Crippen molar-refractivity contribution in [1.82, 2.24) is 10.3 Å². The Balaban J connectivity index is 1.65. The number of hydrogen-bond acceptors (Lipinski definition) is 5. The van der Waals surface area contributed by atoms with Gasteiger partial charge in [-0.1, -0.05) is 28.1 Å². The van der Waals surface area contributed by atoms with Gasteiger partial charge in [-0.25, -0.2) is 0 Å². The number of benzene rings is 2. The van der Waals surface area contributed by atoms with Gasteiger partial charge in [0, 0.05) is 22.3 Å². The molecule has 1 aliphatic heterocycles. The number of anilines is 1. The first kappa shape index (κ1) is 23.4. The van der Waals surface area contributed by atoms with E-state index in [1.54, 1.807) is 20.4 Å². The second kappa shape index (κ2) is 9.71. The van der Waals surface area contributed by atoms with Gasteiger partial charge < -0.3 is 24.1 Å². The lowest BCUT2D eigenvalue weighted by molar-refractivity contribution is 0.400. The smallest absolute Gasteiger partial charge is 0.174 e. The van der Waals surface area contributed by atoms with E-state index < -0.39 is 0 Å². The molecular formula is C27H24BrN3O3S. The van der Waals surface area contributed by atoms with Crippen LogP contribution >= 0.6 is 28.1 Å². The maximum Gasteiger partial charge on any atom is 0.174 e. The SMILES string of the molecule is COc1ccc(OC)c(N2C(=S)NC(c3ccccn3)C2c2ccc(-c3ccc(C)cc3Br)o2)c1. The Hall–Kier alpha value is -3.36. The monoisotopic (exact) mass is 549 g/mol. The molecule has 35 heavy (non-hydrogen) atoms. The average molecular weight is 550 g/mol. The zero-order chi connectivity index (χ0) is 24.5. The van der Waals surface area contributed by atoms with E-state index in [-0.39, 0.29) is 12.1 Å². The highest BCUT2D eigenvalue weighted by Gasteiger charge is 2.43. The highest BCUT2D eigenvalue weighted by atomic mass is 79.9. The number of aryl methyl sites for hydroxylation is 1. The van der Waals surface area contributed by atoms with Crippen LogP contribution in [0.3, 0.4) is 0 Å². The molecule has 178 valence electrons. The first-order valence-corrected chi connectivity index (χ1v) is 12.3. The summed E-state index contributed by atoms with van der Waals surface area (Å²) in [4.78, 5) is 6.63. The first-order chi connectivity index (χ1) is 17.0. The highest BCUT2D eigenvalue weighted by Crippen LogP contribution is 2.46. The second-order valence-electron chi connectivity index (χ2n) is 8.22. The van der Waals surface area contributed by atoms with Crippen LogP contribution < -0.4 is 19.7 Å². The number of furan rings is 1. The molecule has 2 aromatic carbocycles. The largest absolute Gasteiger partial charge is 0.497 e. The third kappa shape index (κ3) is 4.39. The minimum Gasteiger partial charge on any atom is -0.497 e. The molecule has 1 aliphatic rings. The van der Waals surface area contributed by atoms with Crippen molar-refractivity contribution in [2.75, 3.05) is 19.1 Å². The summed E-state index contributed by atoms with van der Waals surface area (Å²) >= 11 is 9.51. The van der Waals surface area contributed by atoms with Crippen LogP contribution in [0.2, 0.25) is 0 Å². The van der Waals surface area contributed by atoms with E-state index in [1.807, 2.05) is 53.4 Å². The number of methoxy groups -OCH3 is 2. The van der Waals surface area contributed by atoms with Crippen molar-refractivity contribution in [2.45, 2.75) is 19.0 Å². The van der Waals surface area contributed by atoms with Gasteiger partial charge in [0.2, 0.25) is 0 Å². The molecule has 0 radical (unpaired) electrons. The van der Waals surface area contributed by atoms with Gasteiger partial charge in [0.1, 0.15) is 29.1 Å². The lowest BCUT2D eigenvalue weighted by atomic mass is 10.0. The predicted molar refractivity (Wildman–Crippen MR) is 144 cm³/mol. The summed E-state index contributed by atoms with van der Waals surface area (Å²) in [6, 6.07) is 21.1. The predicted octanol–water partition coefficient (Wildman–Crippen LogP) is 6.61. The number of pyridine rings is 1. The molecule has 4 aromatic rings. The minimum absolute atomic E-state index is 0.236. The van der Waals surface area contributed by atoms with Crippen LogP contribution in [0.1, 0.15) is 29.1 Å². The van der Waals surface area contributed by atoms with E-state index in [4.69, 9.17) is 26.1 Å². The summed E-state index contributed by atoms with van der Waals surface area (Å²) in [5.74, 6) is 2.89. The Morgan fingerprint density at radius 2 is 1.89 bits per heavy atom. The molecule has 0 amide bonds. The Kier molecular flexibility index (Phi) is 6.49. The Labute approximate surface area is 218 Å². The zero-order valence-electron chi connectivity index (χ0n) is 19.5. The summed E-state index contributed by atoms with van der Waals surface area (Å²) in [7, 11) is 3.28. The van der Waals surface area contributed by atoms with E-state index in [2.05, 4.69) is 51.4 Å². The van der Waals surface area contributed by atoms with Crippen LogP contribution in [-0.4, -0.2) is 24.3 Å². The Morgan fingerprint density at radius 3 is 2.60 bits per heavy atom. The molecule has 5 rings (SSSR count). The number of nitrogens with one attached hydrogen (secondary N) is 1. The van der Waals surface area contributed by atoms with Gasteiger partial charge in [0.05, 0.1) is 31.6 Å². The third-order valence-electron chi connectivity index (χ3n) is 6.05. The molecule has 1 fully saturated rings.